The maximum Gasteiger partial charge on any atom is 0.339 e. The summed E-state index contributed by atoms with van der Waals surface area (Å²) in [6.07, 6.45) is 3.64. The monoisotopic (exact) mass is 599 g/mol. The van der Waals surface area contributed by atoms with E-state index in [-0.39, 0.29) is 23.0 Å². The summed E-state index contributed by atoms with van der Waals surface area (Å²) in [5.41, 5.74) is 2.53. The molecule has 0 heterocycles. The number of halogens is 1. The quantitative estimate of drug-likeness (QED) is 0.172. The molecule has 0 radical (unpaired) electrons. The van der Waals surface area contributed by atoms with Crippen LogP contribution in [-0.4, -0.2) is 25.9 Å². The molecule has 1 amide bonds. The maximum atomic E-state index is 12.6. The Kier molecular flexibility index (Phi) is 9.51. The number of ether oxygens (including phenoxy) is 1. The van der Waals surface area contributed by atoms with Gasteiger partial charge in [0.2, 0.25) is 5.91 Å². The van der Waals surface area contributed by atoms with Crippen LogP contribution in [0, 0.1) is 6.92 Å². The summed E-state index contributed by atoms with van der Waals surface area (Å²) < 4.78 is 36.1. The number of carbonyl (C=O) groups is 2. The molecule has 0 aliphatic rings. The van der Waals surface area contributed by atoms with Crippen LogP contribution in [0.3, 0.4) is 0 Å². The molecule has 200 valence electrons. The number of rotatable bonds is 9. The van der Waals surface area contributed by atoms with Crippen molar-refractivity contribution >= 4 is 49.7 Å². The average Bonchev–Trinajstić information content (AvgIpc) is 2.83. The van der Waals surface area contributed by atoms with Crippen molar-refractivity contribution in [1.82, 2.24) is 0 Å². The van der Waals surface area contributed by atoms with Gasteiger partial charge in [-0.2, -0.15) is 8.42 Å². The van der Waals surface area contributed by atoms with Gasteiger partial charge in [-0.05, 0) is 104 Å². The molecule has 0 aliphatic heterocycles. The summed E-state index contributed by atoms with van der Waals surface area (Å²) in [5, 5.41) is 2.87. The Balaban J connectivity index is 1.55. The first-order valence-corrected chi connectivity index (χ1v) is 14.1. The van der Waals surface area contributed by atoms with Crippen LogP contribution in [0.1, 0.15) is 43.9 Å². The van der Waals surface area contributed by atoms with Crippen molar-refractivity contribution < 1.29 is 26.9 Å². The van der Waals surface area contributed by atoms with Crippen molar-refractivity contribution in [2.45, 2.75) is 51.0 Å². The number of hydrogen-bond acceptors (Lipinski definition) is 6. The van der Waals surface area contributed by atoms with Crippen LogP contribution in [0.15, 0.2) is 82.2 Å². The van der Waals surface area contributed by atoms with Crippen molar-refractivity contribution in [3.05, 3.63) is 94.0 Å². The van der Waals surface area contributed by atoms with Crippen LogP contribution in [-0.2, 0) is 30.9 Å². The molecule has 1 N–H and O–H groups in total. The van der Waals surface area contributed by atoms with E-state index in [0.29, 0.717) is 16.6 Å². The zero-order valence-electron chi connectivity index (χ0n) is 21.7. The lowest BCUT2D eigenvalue weighted by Crippen LogP contribution is -2.22. The van der Waals surface area contributed by atoms with Gasteiger partial charge in [-0.15, -0.1) is 0 Å². The molecule has 3 rings (SSSR count). The normalized spacial score (nSPS) is 11.8. The molecule has 0 saturated heterocycles. The van der Waals surface area contributed by atoms with Gasteiger partial charge >= 0.3 is 16.1 Å². The van der Waals surface area contributed by atoms with Gasteiger partial charge in [0, 0.05) is 17.0 Å². The Hall–Kier alpha value is -3.43. The Bertz CT molecular complexity index is 1420. The van der Waals surface area contributed by atoms with Crippen LogP contribution in [0.4, 0.5) is 5.69 Å². The SMILES string of the molecule is Cc1ccc(S(=O)(=O)Oc2ccc(CCC(=O)Nc3cc(/C=C/C(=O)OC(C)(C)C)ccc3Br)cc2)cc1. The number of amides is 1. The third-order valence-electron chi connectivity index (χ3n) is 5.16. The molecule has 0 unspecified atom stereocenters. The summed E-state index contributed by atoms with van der Waals surface area (Å²) in [7, 11) is -3.93. The van der Waals surface area contributed by atoms with E-state index in [1.54, 1.807) is 75.4 Å². The Labute approximate surface area is 232 Å². The van der Waals surface area contributed by atoms with Crippen molar-refractivity contribution in [2.75, 3.05) is 5.32 Å². The molecule has 38 heavy (non-hydrogen) atoms. The third kappa shape index (κ3) is 9.15. The predicted molar refractivity (Wildman–Crippen MR) is 151 cm³/mol. The first-order valence-electron chi connectivity index (χ1n) is 11.9. The number of nitrogens with one attached hydrogen (secondary N) is 1. The molecule has 0 fully saturated rings. The lowest BCUT2D eigenvalue weighted by molar-refractivity contribution is -0.148. The Morgan fingerprint density at radius 1 is 0.974 bits per heavy atom. The van der Waals surface area contributed by atoms with Crippen molar-refractivity contribution in [1.29, 1.82) is 0 Å². The molecule has 0 aliphatic carbocycles. The second-order valence-electron chi connectivity index (χ2n) is 9.65. The first-order chi connectivity index (χ1) is 17.8. The van der Waals surface area contributed by atoms with Crippen molar-refractivity contribution in [3.63, 3.8) is 0 Å². The molecule has 3 aromatic rings. The number of esters is 1. The molecule has 0 aromatic heterocycles. The summed E-state index contributed by atoms with van der Waals surface area (Å²) in [4.78, 5) is 24.6. The minimum atomic E-state index is -3.93. The molecule has 0 spiro atoms. The fourth-order valence-corrected chi connectivity index (χ4v) is 4.58. The fraction of sp³-hybridized carbons (Fsp3) is 0.241. The van der Waals surface area contributed by atoms with E-state index in [0.717, 1.165) is 16.7 Å². The maximum absolute atomic E-state index is 12.6. The molecule has 9 heteroatoms. The van der Waals surface area contributed by atoms with E-state index in [9.17, 15) is 18.0 Å². The van der Waals surface area contributed by atoms with Gasteiger partial charge in [0.1, 0.15) is 16.2 Å². The molecule has 7 nitrogen and oxygen atoms in total. The smallest absolute Gasteiger partial charge is 0.339 e. The van der Waals surface area contributed by atoms with Gasteiger partial charge in [0.15, 0.2) is 0 Å². The zero-order chi connectivity index (χ0) is 27.9. The van der Waals surface area contributed by atoms with E-state index in [1.165, 1.54) is 18.2 Å². The van der Waals surface area contributed by atoms with Gasteiger partial charge in [0.05, 0.1) is 5.69 Å². The topological polar surface area (TPSA) is 98.8 Å². The lowest BCUT2D eigenvalue weighted by Gasteiger charge is -2.17. The average molecular weight is 601 g/mol. The van der Waals surface area contributed by atoms with E-state index in [4.69, 9.17) is 8.92 Å². The standard InChI is InChI=1S/C29H30BrNO6S/c1-20-5-14-24(15-6-20)38(34,35)37-23-12-7-21(8-13-23)10-17-27(32)31-26-19-22(9-16-25(26)30)11-18-28(33)36-29(2,3)4/h5-9,11-16,18-19H,10,17H2,1-4H3,(H,31,32)/b18-11+. The van der Waals surface area contributed by atoms with Gasteiger partial charge in [0.25, 0.3) is 0 Å². The van der Waals surface area contributed by atoms with Gasteiger partial charge in [-0.1, -0.05) is 35.9 Å². The van der Waals surface area contributed by atoms with E-state index >= 15 is 0 Å². The highest BCUT2D eigenvalue weighted by Crippen LogP contribution is 2.25. The third-order valence-corrected chi connectivity index (χ3v) is 7.12. The fourth-order valence-electron chi connectivity index (χ4n) is 3.30. The van der Waals surface area contributed by atoms with Crippen molar-refractivity contribution in [2.24, 2.45) is 0 Å². The van der Waals surface area contributed by atoms with Crippen LogP contribution in [0.2, 0.25) is 0 Å². The van der Waals surface area contributed by atoms with Gasteiger partial charge in [-0.25, -0.2) is 4.79 Å². The first kappa shape index (κ1) is 29.1. The minimum Gasteiger partial charge on any atom is -0.457 e. The summed E-state index contributed by atoms with van der Waals surface area (Å²) in [6, 6.07) is 18.4. The lowest BCUT2D eigenvalue weighted by atomic mass is 10.1. The van der Waals surface area contributed by atoms with Crippen LogP contribution < -0.4 is 9.50 Å². The molecular weight excluding hydrogens is 570 g/mol. The Morgan fingerprint density at radius 2 is 1.63 bits per heavy atom. The molecule has 0 saturated carbocycles. The van der Waals surface area contributed by atoms with E-state index in [1.807, 2.05) is 13.0 Å². The van der Waals surface area contributed by atoms with E-state index < -0.39 is 21.7 Å². The minimum absolute atomic E-state index is 0.0828. The molecule has 0 atom stereocenters. The highest BCUT2D eigenvalue weighted by atomic mass is 79.9. The van der Waals surface area contributed by atoms with Gasteiger partial charge in [-0.3, -0.25) is 4.79 Å². The van der Waals surface area contributed by atoms with E-state index in [2.05, 4.69) is 21.2 Å². The Morgan fingerprint density at radius 3 is 2.26 bits per heavy atom. The number of hydrogen-bond donors (Lipinski definition) is 1. The summed E-state index contributed by atoms with van der Waals surface area (Å²) in [5.74, 6) is -0.449. The number of anilines is 1. The predicted octanol–water partition coefficient (Wildman–Crippen LogP) is 6.45. The number of benzene rings is 3. The molecular formula is C29H30BrNO6S. The second kappa shape index (κ2) is 12.4. The summed E-state index contributed by atoms with van der Waals surface area (Å²) in [6.45, 7) is 7.26. The highest BCUT2D eigenvalue weighted by molar-refractivity contribution is 9.10. The van der Waals surface area contributed by atoms with Gasteiger partial charge < -0.3 is 14.2 Å². The number of aryl methyl sites for hydroxylation is 2. The zero-order valence-corrected chi connectivity index (χ0v) is 24.1. The summed E-state index contributed by atoms with van der Waals surface area (Å²) >= 11 is 3.43. The van der Waals surface area contributed by atoms with Crippen LogP contribution in [0.5, 0.6) is 5.75 Å². The van der Waals surface area contributed by atoms with Crippen LogP contribution in [0.25, 0.3) is 6.08 Å². The highest BCUT2D eigenvalue weighted by Gasteiger charge is 2.17. The second-order valence-corrected chi connectivity index (χ2v) is 12.0. The van der Waals surface area contributed by atoms with Crippen molar-refractivity contribution in [3.8, 4) is 5.75 Å². The molecule has 0 bridgehead atoms. The number of carbonyl (C=O) groups excluding carboxylic acids is 2. The van der Waals surface area contributed by atoms with Crippen LogP contribution >= 0.6 is 15.9 Å². The largest absolute Gasteiger partial charge is 0.457 e. The molecule has 3 aromatic carbocycles.